The maximum Gasteiger partial charge on any atom is 0.499 e. The molecule has 14 heavy (non-hydrogen) atoms. The molecule has 0 amide bonds. The molecule has 0 atom stereocenters. The first-order chi connectivity index (χ1) is 6.58. The van der Waals surface area contributed by atoms with Crippen LogP contribution in [0, 0.1) is 5.82 Å². The summed E-state index contributed by atoms with van der Waals surface area (Å²) in [5, 5.41) is 27.3. The van der Waals surface area contributed by atoms with E-state index in [1.165, 1.54) is 12.1 Å². The Hall–Kier alpha value is -1.11. The summed E-state index contributed by atoms with van der Waals surface area (Å²) in [4.78, 5) is 0. The number of halogens is 1. The summed E-state index contributed by atoms with van der Waals surface area (Å²) in [5.41, 5.74) is 0. The van der Waals surface area contributed by atoms with Gasteiger partial charge in [0.05, 0.1) is 4.70 Å². The van der Waals surface area contributed by atoms with Crippen LogP contribution >= 0.6 is 11.3 Å². The van der Waals surface area contributed by atoms with Gasteiger partial charge in [0.25, 0.3) is 0 Å². The van der Waals surface area contributed by atoms with Gasteiger partial charge in [-0.25, -0.2) is 4.39 Å². The molecule has 1 heterocycles. The lowest BCUT2D eigenvalue weighted by Crippen LogP contribution is -2.26. The van der Waals surface area contributed by atoms with Crippen LogP contribution in [0.1, 0.15) is 0 Å². The quantitative estimate of drug-likeness (QED) is 0.600. The monoisotopic (exact) mass is 212 g/mol. The Morgan fingerprint density at radius 1 is 1.21 bits per heavy atom. The van der Waals surface area contributed by atoms with Gasteiger partial charge in [-0.1, -0.05) is 0 Å². The highest BCUT2D eigenvalue weighted by Crippen LogP contribution is 2.26. The SMILES string of the molecule is OB(O)c1cc2cc(O)cc(F)c2s1. The van der Waals surface area contributed by atoms with Crippen molar-refractivity contribution in [3.63, 3.8) is 0 Å². The minimum Gasteiger partial charge on any atom is -0.508 e. The number of phenolic OH excluding ortho intramolecular Hbond substituents is 1. The van der Waals surface area contributed by atoms with Crippen LogP contribution in [-0.2, 0) is 0 Å². The van der Waals surface area contributed by atoms with Gasteiger partial charge in [0, 0.05) is 10.8 Å². The fourth-order valence-electron chi connectivity index (χ4n) is 1.24. The van der Waals surface area contributed by atoms with Crippen LogP contribution in [0.5, 0.6) is 5.75 Å². The van der Waals surface area contributed by atoms with Crippen LogP contribution < -0.4 is 4.78 Å². The fraction of sp³-hybridized carbons (Fsp3) is 0. The standard InChI is InChI=1S/C8H6BFO3S/c10-6-3-5(11)1-4-2-7(9(12)13)14-8(4)6/h1-3,11-13H. The number of benzene rings is 1. The van der Waals surface area contributed by atoms with Crippen LogP contribution in [0.4, 0.5) is 4.39 Å². The lowest BCUT2D eigenvalue weighted by atomic mass is 9.89. The second kappa shape index (κ2) is 3.23. The first kappa shape index (κ1) is 9.45. The Morgan fingerprint density at radius 2 is 1.93 bits per heavy atom. The topological polar surface area (TPSA) is 60.7 Å². The third kappa shape index (κ3) is 1.47. The maximum absolute atomic E-state index is 13.2. The van der Waals surface area contributed by atoms with E-state index in [1.807, 2.05) is 0 Å². The van der Waals surface area contributed by atoms with E-state index in [0.717, 1.165) is 17.4 Å². The Bertz CT molecular complexity index is 483. The smallest absolute Gasteiger partial charge is 0.499 e. The molecule has 2 rings (SSSR count). The molecule has 0 unspecified atom stereocenters. The molecule has 2 aromatic rings. The third-order valence-electron chi connectivity index (χ3n) is 1.83. The van der Waals surface area contributed by atoms with Crippen LogP contribution in [0.15, 0.2) is 18.2 Å². The van der Waals surface area contributed by atoms with Crippen molar-refractivity contribution in [3.05, 3.63) is 24.0 Å². The third-order valence-corrected chi connectivity index (χ3v) is 3.03. The van der Waals surface area contributed by atoms with Gasteiger partial charge in [0.1, 0.15) is 11.6 Å². The van der Waals surface area contributed by atoms with Crippen molar-refractivity contribution in [2.45, 2.75) is 0 Å². The number of hydrogen-bond acceptors (Lipinski definition) is 4. The summed E-state index contributed by atoms with van der Waals surface area (Å²) < 4.78 is 13.8. The highest BCUT2D eigenvalue weighted by atomic mass is 32.1. The van der Waals surface area contributed by atoms with E-state index in [1.54, 1.807) is 0 Å². The van der Waals surface area contributed by atoms with Crippen LogP contribution in [0.2, 0.25) is 0 Å². The summed E-state index contributed by atoms with van der Waals surface area (Å²) >= 11 is 0.955. The molecule has 72 valence electrons. The van der Waals surface area contributed by atoms with E-state index < -0.39 is 12.9 Å². The van der Waals surface area contributed by atoms with Gasteiger partial charge in [-0.2, -0.15) is 0 Å². The van der Waals surface area contributed by atoms with E-state index >= 15 is 0 Å². The van der Waals surface area contributed by atoms with Gasteiger partial charge in [-0.3, -0.25) is 0 Å². The molecule has 0 aliphatic carbocycles. The van der Waals surface area contributed by atoms with E-state index in [2.05, 4.69) is 0 Å². The van der Waals surface area contributed by atoms with Gasteiger partial charge in [-0.05, 0) is 17.5 Å². The molecule has 0 spiro atoms. The number of hydrogen-bond donors (Lipinski definition) is 3. The number of fused-ring (bicyclic) bond motifs is 1. The lowest BCUT2D eigenvalue weighted by Gasteiger charge is -1.93. The number of rotatable bonds is 1. The van der Waals surface area contributed by atoms with Gasteiger partial charge < -0.3 is 15.2 Å². The van der Waals surface area contributed by atoms with E-state index in [9.17, 15) is 4.39 Å². The zero-order chi connectivity index (χ0) is 10.3. The van der Waals surface area contributed by atoms with Gasteiger partial charge >= 0.3 is 7.12 Å². The second-order valence-electron chi connectivity index (χ2n) is 2.87. The number of aromatic hydroxyl groups is 1. The average Bonchev–Trinajstić information content (AvgIpc) is 2.47. The first-order valence-electron chi connectivity index (χ1n) is 3.86. The fourth-order valence-corrected chi connectivity index (χ4v) is 2.16. The normalized spacial score (nSPS) is 10.8. The molecule has 0 aliphatic rings. The molecule has 0 aliphatic heterocycles. The van der Waals surface area contributed by atoms with E-state index in [0.29, 0.717) is 10.1 Å². The molecule has 0 bridgehead atoms. The second-order valence-corrected chi connectivity index (χ2v) is 3.95. The van der Waals surface area contributed by atoms with Crippen molar-refractivity contribution in [2.24, 2.45) is 0 Å². The Kier molecular flexibility index (Phi) is 2.18. The Labute approximate surface area is 83.2 Å². The average molecular weight is 212 g/mol. The van der Waals surface area contributed by atoms with Crippen molar-refractivity contribution in [1.29, 1.82) is 0 Å². The summed E-state index contributed by atoms with van der Waals surface area (Å²) in [6.07, 6.45) is 0. The van der Waals surface area contributed by atoms with Crippen LogP contribution in [-0.4, -0.2) is 22.3 Å². The molecule has 0 saturated heterocycles. The van der Waals surface area contributed by atoms with Gasteiger partial charge in [0.15, 0.2) is 0 Å². The number of phenols is 1. The highest BCUT2D eigenvalue weighted by Gasteiger charge is 2.16. The van der Waals surface area contributed by atoms with Crippen molar-refractivity contribution in [1.82, 2.24) is 0 Å². The van der Waals surface area contributed by atoms with Crippen LogP contribution in [0.25, 0.3) is 10.1 Å². The molecule has 0 radical (unpaired) electrons. The Balaban J connectivity index is 2.70. The number of thiophene rings is 1. The van der Waals surface area contributed by atoms with E-state index in [-0.39, 0.29) is 10.5 Å². The minimum absolute atomic E-state index is 0.174. The molecule has 0 fully saturated rings. The summed E-state index contributed by atoms with van der Waals surface area (Å²) in [5.74, 6) is -0.733. The van der Waals surface area contributed by atoms with Crippen LogP contribution in [0.3, 0.4) is 0 Å². The Morgan fingerprint density at radius 3 is 2.57 bits per heavy atom. The summed E-state index contributed by atoms with van der Waals surface area (Å²) in [7, 11) is -1.60. The lowest BCUT2D eigenvalue weighted by molar-refractivity contribution is 0.427. The van der Waals surface area contributed by atoms with Crippen molar-refractivity contribution < 1.29 is 19.5 Å². The molecule has 3 nitrogen and oxygen atoms in total. The van der Waals surface area contributed by atoms with Gasteiger partial charge in [-0.15, -0.1) is 11.3 Å². The first-order valence-corrected chi connectivity index (χ1v) is 4.67. The van der Waals surface area contributed by atoms with Crippen molar-refractivity contribution in [3.8, 4) is 5.75 Å². The maximum atomic E-state index is 13.2. The zero-order valence-corrected chi connectivity index (χ0v) is 7.75. The molecule has 0 saturated carbocycles. The van der Waals surface area contributed by atoms with Gasteiger partial charge in [0.2, 0.25) is 0 Å². The zero-order valence-electron chi connectivity index (χ0n) is 6.94. The summed E-state index contributed by atoms with van der Waals surface area (Å²) in [6, 6.07) is 3.81. The van der Waals surface area contributed by atoms with E-state index in [4.69, 9.17) is 15.2 Å². The summed E-state index contributed by atoms with van der Waals surface area (Å²) in [6.45, 7) is 0. The molecule has 3 N–H and O–H groups in total. The van der Waals surface area contributed by atoms with Crippen molar-refractivity contribution >= 4 is 33.3 Å². The predicted molar refractivity (Wildman–Crippen MR) is 53.3 cm³/mol. The molecular formula is C8H6BFO3S. The minimum atomic E-state index is -1.60. The molecular weight excluding hydrogens is 206 g/mol. The predicted octanol–water partition coefficient (Wildman–Crippen LogP) is 0.426. The molecule has 6 heteroatoms. The molecule has 1 aromatic heterocycles. The van der Waals surface area contributed by atoms with Crippen molar-refractivity contribution in [2.75, 3.05) is 0 Å². The molecule has 1 aromatic carbocycles. The largest absolute Gasteiger partial charge is 0.508 e. The highest BCUT2D eigenvalue weighted by molar-refractivity contribution is 7.27.